The molecular weight excluding hydrogens is 242 g/mol. The van der Waals surface area contributed by atoms with Gasteiger partial charge in [0.15, 0.2) is 0 Å². The van der Waals surface area contributed by atoms with Crippen LogP contribution < -0.4 is 5.32 Å². The molecule has 0 spiro atoms. The molecular formula is C14H25N3S. The smallest absolute Gasteiger partial charge is 0.0975 e. The number of aryl methyl sites for hydroxylation is 1. The van der Waals surface area contributed by atoms with Gasteiger partial charge in [-0.15, -0.1) is 11.3 Å². The predicted octanol–water partition coefficient (Wildman–Crippen LogP) is 2.58. The van der Waals surface area contributed by atoms with E-state index in [4.69, 9.17) is 4.98 Å². The molecule has 1 N–H and O–H groups in total. The van der Waals surface area contributed by atoms with Crippen LogP contribution in [-0.4, -0.2) is 43.6 Å². The van der Waals surface area contributed by atoms with Crippen LogP contribution in [0, 0.1) is 6.92 Å². The van der Waals surface area contributed by atoms with Gasteiger partial charge in [0, 0.05) is 29.8 Å². The fourth-order valence-corrected chi connectivity index (χ4v) is 4.17. The largest absolute Gasteiger partial charge is 0.319 e. The molecule has 2 atom stereocenters. The minimum Gasteiger partial charge on any atom is -0.319 e. The average molecular weight is 267 g/mol. The van der Waals surface area contributed by atoms with Crippen LogP contribution in [0.3, 0.4) is 0 Å². The lowest BCUT2D eigenvalue weighted by Gasteiger charge is -2.12. The van der Waals surface area contributed by atoms with Crippen LogP contribution in [0.25, 0.3) is 0 Å². The number of likely N-dealkylation sites (tertiary alicyclic amines) is 1. The van der Waals surface area contributed by atoms with Gasteiger partial charge in [-0.2, -0.15) is 0 Å². The maximum absolute atomic E-state index is 4.84. The molecule has 18 heavy (non-hydrogen) atoms. The molecule has 1 aromatic rings. The van der Waals surface area contributed by atoms with Crippen LogP contribution in [-0.2, 0) is 0 Å². The summed E-state index contributed by atoms with van der Waals surface area (Å²) >= 11 is 1.95. The number of hydrogen-bond acceptors (Lipinski definition) is 4. The van der Waals surface area contributed by atoms with Crippen molar-refractivity contribution in [2.45, 2.75) is 38.5 Å². The Balaban J connectivity index is 2.15. The molecule has 0 saturated carbocycles. The summed E-state index contributed by atoms with van der Waals surface area (Å²) in [5, 5.41) is 4.66. The number of nitrogens with zero attached hydrogens (tertiary/aromatic N) is 2. The van der Waals surface area contributed by atoms with E-state index in [0.29, 0.717) is 11.8 Å². The van der Waals surface area contributed by atoms with Crippen molar-refractivity contribution in [2.75, 3.05) is 33.7 Å². The predicted molar refractivity (Wildman–Crippen MR) is 78.7 cm³/mol. The van der Waals surface area contributed by atoms with E-state index in [9.17, 15) is 0 Å². The van der Waals surface area contributed by atoms with E-state index in [1.54, 1.807) is 0 Å². The molecule has 1 aliphatic rings. The second-order valence-corrected chi connectivity index (χ2v) is 6.47. The van der Waals surface area contributed by atoms with Gasteiger partial charge in [0.2, 0.25) is 0 Å². The molecule has 0 bridgehead atoms. The Morgan fingerprint density at radius 2 is 2.33 bits per heavy atom. The monoisotopic (exact) mass is 267 g/mol. The standard InChI is InChI=1S/C14H25N3S/c1-5-11(8-15-3)13-10(2)16-14(18-13)12-6-7-17(4)9-12/h11-12,15H,5-9H2,1-4H3. The number of likely N-dealkylation sites (N-methyl/N-ethyl adjacent to an activating group) is 2. The Bertz CT molecular complexity index is 388. The molecule has 2 heterocycles. The summed E-state index contributed by atoms with van der Waals surface area (Å²) in [5.41, 5.74) is 1.26. The summed E-state index contributed by atoms with van der Waals surface area (Å²) in [4.78, 5) is 8.75. The molecule has 1 fully saturated rings. The van der Waals surface area contributed by atoms with Crippen LogP contribution in [0.5, 0.6) is 0 Å². The van der Waals surface area contributed by atoms with Crippen molar-refractivity contribution in [3.63, 3.8) is 0 Å². The van der Waals surface area contributed by atoms with Crippen molar-refractivity contribution in [3.8, 4) is 0 Å². The fourth-order valence-electron chi connectivity index (χ4n) is 2.79. The summed E-state index contributed by atoms with van der Waals surface area (Å²) in [7, 11) is 4.24. The summed E-state index contributed by atoms with van der Waals surface area (Å²) in [6.45, 7) is 7.89. The van der Waals surface area contributed by atoms with Crippen molar-refractivity contribution >= 4 is 11.3 Å². The molecule has 1 aliphatic heterocycles. The van der Waals surface area contributed by atoms with Gasteiger partial charge in [-0.1, -0.05) is 6.92 Å². The highest BCUT2D eigenvalue weighted by atomic mass is 32.1. The maximum atomic E-state index is 4.84. The first-order chi connectivity index (χ1) is 8.65. The molecule has 1 saturated heterocycles. The van der Waals surface area contributed by atoms with Crippen LogP contribution in [0.4, 0.5) is 0 Å². The van der Waals surface area contributed by atoms with E-state index in [2.05, 4.69) is 31.1 Å². The second-order valence-electron chi connectivity index (χ2n) is 5.41. The first kappa shape index (κ1) is 14.0. The zero-order valence-electron chi connectivity index (χ0n) is 12.0. The van der Waals surface area contributed by atoms with Gasteiger partial charge in [0.1, 0.15) is 0 Å². The molecule has 3 nitrogen and oxygen atoms in total. The van der Waals surface area contributed by atoms with Crippen molar-refractivity contribution < 1.29 is 0 Å². The Morgan fingerprint density at radius 3 is 2.89 bits per heavy atom. The lowest BCUT2D eigenvalue weighted by Crippen LogP contribution is -2.16. The molecule has 0 aromatic carbocycles. The summed E-state index contributed by atoms with van der Waals surface area (Å²) in [6, 6.07) is 0. The van der Waals surface area contributed by atoms with Gasteiger partial charge in [-0.3, -0.25) is 0 Å². The molecule has 2 rings (SSSR count). The van der Waals surface area contributed by atoms with E-state index in [1.165, 1.54) is 41.5 Å². The Hall–Kier alpha value is -0.450. The van der Waals surface area contributed by atoms with Crippen molar-refractivity contribution in [3.05, 3.63) is 15.6 Å². The third-order valence-corrected chi connectivity index (χ3v) is 5.39. The molecule has 4 heteroatoms. The summed E-state index contributed by atoms with van der Waals surface area (Å²) in [6.07, 6.45) is 2.46. The normalized spacial score (nSPS) is 22.6. The van der Waals surface area contributed by atoms with Gasteiger partial charge >= 0.3 is 0 Å². The van der Waals surface area contributed by atoms with Gasteiger partial charge in [0.05, 0.1) is 10.7 Å². The lowest BCUT2D eigenvalue weighted by atomic mass is 10.0. The Labute approximate surface area is 115 Å². The first-order valence-electron chi connectivity index (χ1n) is 6.96. The quantitative estimate of drug-likeness (QED) is 0.889. The first-order valence-corrected chi connectivity index (χ1v) is 7.77. The van der Waals surface area contributed by atoms with Gasteiger partial charge in [-0.25, -0.2) is 4.98 Å². The van der Waals surface area contributed by atoms with E-state index >= 15 is 0 Å². The van der Waals surface area contributed by atoms with Crippen LogP contribution in [0.15, 0.2) is 0 Å². The SMILES string of the molecule is CCC(CNC)c1sc(C2CCN(C)C2)nc1C. The van der Waals surface area contributed by atoms with Crippen molar-refractivity contribution in [1.29, 1.82) is 0 Å². The molecule has 0 aliphatic carbocycles. The molecule has 2 unspecified atom stereocenters. The number of aromatic nitrogens is 1. The molecule has 0 amide bonds. The highest BCUT2D eigenvalue weighted by Crippen LogP contribution is 2.35. The highest BCUT2D eigenvalue weighted by Gasteiger charge is 2.26. The zero-order chi connectivity index (χ0) is 13.1. The van der Waals surface area contributed by atoms with Gasteiger partial charge in [-0.05, 0) is 40.4 Å². The van der Waals surface area contributed by atoms with Crippen molar-refractivity contribution in [2.24, 2.45) is 0 Å². The third kappa shape index (κ3) is 2.92. The van der Waals surface area contributed by atoms with E-state index in [0.717, 1.165) is 6.54 Å². The Morgan fingerprint density at radius 1 is 1.56 bits per heavy atom. The van der Waals surface area contributed by atoms with E-state index in [1.807, 2.05) is 18.4 Å². The third-order valence-electron chi connectivity index (χ3n) is 3.90. The average Bonchev–Trinajstić information content (AvgIpc) is 2.93. The second kappa shape index (κ2) is 6.13. The number of hydrogen-bond donors (Lipinski definition) is 1. The molecule has 1 aromatic heterocycles. The summed E-state index contributed by atoms with van der Waals surface area (Å²) in [5.74, 6) is 1.29. The molecule has 102 valence electrons. The van der Waals surface area contributed by atoms with Gasteiger partial charge in [0.25, 0.3) is 0 Å². The number of rotatable bonds is 5. The van der Waals surface area contributed by atoms with Crippen LogP contribution >= 0.6 is 11.3 Å². The topological polar surface area (TPSA) is 28.2 Å². The number of nitrogens with one attached hydrogen (secondary N) is 1. The fraction of sp³-hybridized carbons (Fsp3) is 0.786. The minimum atomic E-state index is 0.625. The van der Waals surface area contributed by atoms with Crippen LogP contribution in [0.2, 0.25) is 0 Å². The zero-order valence-corrected chi connectivity index (χ0v) is 12.8. The number of thiazole rings is 1. The van der Waals surface area contributed by atoms with Crippen LogP contribution in [0.1, 0.15) is 47.2 Å². The van der Waals surface area contributed by atoms with E-state index < -0.39 is 0 Å². The van der Waals surface area contributed by atoms with Crippen molar-refractivity contribution in [1.82, 2.24) is 15.2 Å². The van der Waals surface area contributed by atoms with Gasteiger partial charge < -0.3 is 10.2 Å². The molecule has 0 radical (unpaired) electrons. The highest BCUT2D eigenvalue weighted by molar-refractivity contribution is 7.12. The lowest BCUT2D eigenvalue weighted by molar-refractivity contribution is 0.411. The maximum Gasteiger partial charge on any atom is 0.0975 e. The Kier molecular flexibility index (Phi) is 4.76. The minimum absolute atomic E-state index is 0.625. The summed E-state index contributed by atoms with van der Waals surface area (Å²) < 4.78 is 0. The van der Waals surface area contributed by atoms with E-state index in [-0.39, 0.29) is 0 Å².